The number of hydrogen-bond donors (Lipinski definition) is 1. The molecule has 0 aliphatic heterocycles. The minimum Gasteiger partial charge on any atom is -0.481 e. The molecule has 0 aromatic rings. The Kier molecular flexibility index (Phi) is 20.2. The lowest BCUT2D eigenvalue weighted by Crippen LogP contribution is -2.40. The van der Waals surface area contributed by atoms with E-state index in [1.165, 1.54) is 38.5 Å². The molecular formula is C27H53NO6. The highest BCUT2D eigenvalue weighted by Crippen LogP contribution is 2.27. The number of unbranched alkanes of at least 4 members (excludes halogenated alkanes) is 4. The molecule has 34 heavy (non-hydrogen) atoms. The van der Waals surface area contributed by atoms with Gasteiger partial charge in [-0.3, -0.25) is 4.79 Å². The standard InChI is InChI=1S/C27H53NO6/c1-7-11-13-16-23(17-14-12-8-2)20-24(26(29)30)18-15-19-28(22(5)6)27(31)34-21-25(32-9-3)33-10-4/h22-25H,7-21H2,1-6H3,(H,29,30). The Balaban J connectivity index is 4.82. The van der Waals surface area contributed by atoms with Gasteiger partial charge in [0.15, 0.2) is 6.29 Å². The molecule has 0 bridgehead atoms. The Morgan fingerprint density at radius 3 is 1.82 bits per heavy atom. The van der Waals surface area contributed by atoms with Gasteiger partial charge in [-0.1, -0.05) is 65.2 Å². The number of carbonyl (C=O) groups is 2. The summed E-state index contributed by atoms with van der Waals surface area (Å²) in [4.78, 5) is 26.3. The number of ether oxygens (including phenoxy) is 3. The fourth-order valence-corrected chi connectivity index (χ4v) is 4.30. The lowest BCUT2D eigenvalue weighted by molar-refractivity contribution is -0.159. The first-order valence-corrected chi connectivity index (χ1v) is 13.7. The summed E-state index contributed by atoms with van der Waals surface area (Å²) < 4.78 is 16.3. The molecule has 0 fully saturated rings. The molecule has 1 amide bonds. The van der Waals surface area contributed by atoms with E-state index in [2.05, 4.69) is 13.8 Å². The van der Waals surface area contributed by atoms with Gasteiger partial charge in [0.1, 0.15) is 6.61 Å². The molecule has 0 saturated carbocycles. The van der Waals surface area contributed by atoms with Crippen molar-refractivity contribution in [1.82, 2.24) is 4.90 Å². The van der Waals surface area contributed by atoms with Crippen LogP contribution >= 0.6 is 0 Å². The van der Waals surface area contributed by atoms with Crippen LogP contribution in [0.3, 0.4) is 0 Å². The van der Waals surface area contributed by atoms with Crippen molar-refractivity contribution in [3.05, 3.63) is 0 Å². The molecule has 0 aliphatic rings. The Hall–Kier alpha value is -1.34. The molecule has 0 rings (SSSR count). The summed E-state index contributed by atoms with van der Waals surface area (Å²) in [6.45, 7) is 13.5. The summed E-state index contributed by atoms with van der Waals surface area (Å²) in [6, 6.07) is -0.0377. The average molecular weight is 488 g/mol. The molecular weight excluding hydrogens is 434 g/mol. The number of carboxylic acids is 1. The molecule has 0 heterocycles. The highest BCUT2D eigenvalue weighted by Gasteiger charge is 2.25. The third kappa shape index (κ3) is 15.5. The number of nitrogens with zero attached hydrogens (tertiary/aromatic N) is 1. The Morgan fingerprint density at radius 1 is 0.824 bits per heavy atom. The number of amides is 1. The smallest absolute Gasteiger partial charge is 0.410 e. The predicted molar refractivity (Wildman–Crippen MR) is 137 cm³/mol. The molecule has 0 spiro atoms. The molecule has 7 nitrogen and oxygen atoms in total. The topological polar surface area (TPSA) is 85.3 Å². The van der Waals surface area contributed by atoms with Gasteiger partial charge < -0.3 is 24.2 Å². The Bertz CT molecular complexity index is 497. The van der Waals surface area contributed by atoms with Gasteiger partial charge in [0, 0.05) is 25.8 Å². The molecule has 1 N–H and O–H groups in total. The number of aliphatic carboxylic acids is 1. The average Bonchev–Trinajstić information content (AvgIpc) is 2.79. The minimum atomic E-state index is -0.717. The van der Waals surface area contributed by atoms with Crippen LogP contribution in [0.2, 0.25) is 0 Å². The molecule has 0 aromatic heterocycles. The first-order chi connectivity index (χ1) is 16.3. The van der Waals surface area contributed by atoms with E-state index in [9.17, 15) is 14.7 Å². The molecule has 0 saturated heterocycles. The molecule has 0 aliphatic carbocycles. The summed E-state index contributed by atoms with van der Waals surface area (Å²) in [7, 11) is 0. The van der Waals surface area contributed by atoms with Crippen LogP contribution in [0.4, 0.5) is 4.79 Å². The first kappa shape index (κ1) is 32.7. The highest BCUT2D eigenvalue weighted by molar-refractivity contribution is 5.70. The van der Waals surface area contributed by atoms with Gasteiger partial charge in [-0.25, -0.2) is 4.79 Å². The van der Waals surface area contributed by atoms with Crippen molar-refractivity contribution < 1.29 is 28.9 Å². The van der Waals surface area contributed by atoms with E-state index in [4.69, 9.17) is 14.2 Å². The van der Waals surface area contributed by atoms with Crippen molar-refractivity contribution in [2.45, 2.75) is 125 Å². The zero-order chi connectivity index (χ0) is 25.8. The normalized spacial score (nSPS) is 12.5. The predicted octanol–water partition coefficient (Wildman–Crippen LogP) is 6.88. The second kappa shape index (κ2) is 21.0. The fourth-order valence-electron chi connectivity index (χ4n) is 4.30. The number of carboxylic acid groups (broad SMARTS) is 1. The van der Waals surface area contributed by atoms with Gasteiger partial charge >= 0.3 is 12.1 Å². The summed E-state index contributed by atoms with van der Waals surface area (Å²) in [5.41, 5.74) is 0. The fraction of sp³-hybridized carbons (Fsp3) is 0.926. The van der Waals surface area contributed by atoms with Crippen LogP contribution in [0.1, 0.15) is 112 Å². The second-order valence-corrected chi connectivity index (χ2v) is 9.47. The summed E-state index contributed by atoms with van der Waals surface area (Å²) >= 11 is 0. The van der Waals surface area contributed by atoms with Gasteiger partial charge in [0.2, 0.25) is 0 Å². The summed E-state index contributed by atoms with van der Waals surface area (Å²) in [5, 5.41) is 9.86. The van der Waals surface area contributed by atoms with Crippen LogP contribution in [0.25, 0.3) is 0 Å². The molecule has 0 radical (unpaired) electrons. The van der Waals surface area contributed by atoms with Crippen LogP contribution in [-0.4, -0.2) is 60.8 Å². The number of hydrogen-bond acceptors (Lipinski definition) is 5. The maximum Gasteiger partial charge on any atom is 0.410 e. The second-order valence-electron chi connectivity index (χ2n) is 9.47. The highest BCUT2D eigenvalue weighted by atomic mass is 16.7. The summed E-state index contributed by atoms with van der Waals surface area (Å²) in [5.74, 6) is -0.607. The van der Waals surface area contributed by atoms with Crippen molar-refractivity contribution in [1.29, 1.82) is 0 Å². The van der Waals surface area contributed by atoms with Crippen LogP contribution in [0.5, 0.6) is 0 Å². The van der Waals surface area contributed by atoms with Crippen LogP contribution in [0, 0.1) is 11.8 Å². The molecule has 1 atom stereocenters. The van der Waals surface area contributed by atoms with Crippen molar-refractivity contribution >= 4 is 12.1 Å². The third-order valence-electron chi connectivity index (χ3n) is 6.26. The van der Waals surface area contributed by atoms with E-state index >= 15 is 0 Å². The largest absolute Gasteiger partial charge is 0.481 e. The maximum absolute atomic E-state index is 12.7. The van der Waals surface area contributed by atoms with Gasteiger partial charge in [-0.2, -0.15) is 0 Å². The van der Waals surface area contributed by atoms with Gasteiger partial charge in [-0.05, 0) is 52.9 Å². The third-order valence-corrected chi connectivity index (χ3v) is 6.26. The van der Waals surface area contributed by atoms with Crippen LogP contribution < -0.4 is 0 Å². The van der Waals surface area contributed by atoms with E-state index in [0.717, 1.165) is 19.3 Å². The monoisotopic (exact) mass is 487 g/mol. The van der Waals surface area contributed by atoms with E-state index in [1.54, 1.807) is 4.90 Å². The van der Waals surface area contributed by atoms with E-state index in [1.807, 2.05) is 27.7 Å². The first-order valence-electron chi connectivity index (χ1n) is 13.7. The van der Waals surface area contributed by atoms with Crippen LogP contribution in [0.15, 0.2) is 0 Å². The number of carbonyl (C=O) groups excluding carboxylic acids is 1. The van der Waals surface area contributed by atoms with Gasteiger partial charge in [0.25, 0.3) is 0 Å². The molecule has 1 unspecified atom stereocenters. The van der Waals surface area contributed by atoms with Gasteiger partial charge in [-0.15, -0.1) is 0 Å². The van der Waals surface area contributed by atoms with Crippen molar-refractivity contribution in [3.8, 4) is 0 Å². The SMILES string of the molecule is CCCCCC(CCCCC)CC(CCCN(C(=O)OCC(OCC)OCC)C(C)C)C(=O)O. The summed E-state index contributed by atoms with van der Waals surface area (Å²) in [6.07, 6.45) is 10.3. The molecule has 202 valence electrons. The van der Waals surface area contributed by atoms with E-state index in [-0.39, 0.29) is 18.6 Å². The van der Waals surface area contributed by atoms with Crippen molar-refractivity contribution in [2.75, 3.05) is 26.4 Å². The van der Waals surface area contributed by atoms with Crippen molar-refractivity contribution in [2.24, 2.45) is 11.8 Å². The lowest BCUT2D eigenvalue weighted by Gasteiger charge is -2.28. The number of rotatable bonds is 22. The van der Waals surface area contributed by atoms with E-state index < -0.39 is 18.4 Å². The maximum atomic E-state index is 12.7. The minimum absolute atomic E-state index is 0.0377. The van der Waals surface area contributed by atoms with E-state index in [0.29, 0.717) is 38.5 Å². The van der Waals surface area contributed by atoms with Crippen molar-refractivity contribution in [3.63, 3.8) is 0 Å². The quantitative estimate of drug-likeness (QED) is 0.132. The van der Waals surface area contributed by atoms with Gasteiger partial charge in [0.05, 0.1) is 5.92 Å². The zero-order valence-corrected chi connectivity index (χ0v) is 22.9. The molecule has 0 aromatic carbocycles. The Labute approximate surface area is 208 Å². The molecule has 7 heteroatoms. The van der Waals surface area contributed by atoms with Crippen LogP contribution in [-0.2, 0) is 19.0 Å². The Morgan fingerprint density at radius 2 is 1.38 bits per heavy atom. The zero-order valence-electron chi connectivity index (χ0n) is 22.9. The lowest BCUT2D eigenvalue weighted by atomic mass is 9.84.